The first-order valence-corrected chi connectivity index (χ1v) is 13.3. The smallest absolute Gasteiger partial charge is 0.347 e. The molecule has 0 radical (unpaired) electrons. The zero-order valence-electron chi connectivity index (χ0n) is 22.9. The lowest BCUT2D eigenvalue weighted by molar-refractivity contribution is -0.176. The molecule has 5 unspecified atom stereocenters. The third kappa shape index (κ3) is 10.0. The van der Waals surface area contributed by atoms with Crippen LogP contribution in [0.2, 0.25) is 5.02 Å². The van der Waals surface area contributed by atoms with Crippen LogP contribution in [-0.4, -0.2) is 61.9 Å². The number of carbonyl (C=O) groups is 5. The number of ether oxygens (including phenoxy) is 3. The zero-order valence-corrected chi connectivity index (χ0v) is 23.7. The summed E-state index contributed by atoms with van der Waals surface area (Å²) in [5.74, 6) is -3.51. The molecule has 11 heteroatoms. The largest absolute Gasteiger partial charge is 0.495 e. The second kappa shape index (κ2) is 15.3. The Morgan fingerprint density at radius 3 is 2.46 bits per heavy atom. The van der Waals surface area contributed by atoms with E-state index in [0.717, 1.165) is 0 Å². The van der Waals surface area contributed by atoms with Crippen molar-refractivity contribution in [3.05, 3.63) is 40.9 Å². The summed E-state index contributed by atoms with van der Waals surface area (Å²) in [4.78, 5) is 63.0. The molecule has 0 aliphatic carbocycles. The van der Waals surface area contributed by atoms with E-state index in [1.165, 1.54) is 19.3 Å². The van der Waals surface area contributed by atoms with Gasteiger partial charge in [0, 0.05) is 25.3 Å². The molecular formula is C28H37ClN2O8. The number of carbonyl (C=O) groups excluding carboxylic acids is 5. The van der Waals surface area contributed by atoms with Crippen LogP contribution in [0.3, 0.4) is 0 Å². The van der Waals surface area contributed by atoms with Gasteiger partial charge in [-0.05, 0) is 36.1 Å². The van der Waals surface area contributed by atoms with Crippen molar-refractivity contribution < 1.29 is 38.2 Å². The monoisotopic (exact) mass is 564 g/mol. The maximum Gasteiger partial charge on any atom is 0.347 e. The number of nitrogens with one attached hydrogen (secondary N) is 2. The number of rotatable bonds is 7. The fourth-order valence-electron chi connectivity index (χ4n) is 3.83. The van der Waals surface area contributed by atoms with Crippen LogP contribution < -0.4 is 15.4 Å². The van der Waals surface area contributed by atoms with Gasteiger partial charge in [-0.15, -0.1) is 0 Å². The molecule has 0 saturated heterocycles. The molecule has 0 aromatic heterocycles. The highest BCUT2D eigenvalue weighted by molar-refractivity contribution is 6.32. The van der Waals surface area contributed by atoms with Crippen LogP contribution in [0, 0.1) is 17.8 Å². The number of benzene rings is 1. The SMILES string of the molecule is COc1ccc(CC2NC(=O)/C=C/CC(C(C)C=O)OC(=O)C(CC(C)C)OC(=O)C(C)CNC2=O)cc1Cl. The molecule has 39 heavy (non-hydrogen) atoms. The number of cyclic esters (lactones) is 2. The third-order valence-corrected chi connectivity index (χ3v) is 6.48. The normalized spacial score (nSPS) is 25.1. The average molecular weight is 565 g/mol. The molecule has 0 fully saturated rings. The van der Waals surface area contributed by atoms with E-state index in [4.69, 9.17) is 25.8 Å². The number of methoxy groups -OCH3 is 1. The van der Waals surface area contributed by atoms with Crippen molar-refractivity contribution in [2.75, 3.05) is 13.7 Å². The van der Waals surface area contributed by atoms with Gasteiger partial charge < -0.3 is 29.6 Å². The Hall–Kier alpha value is -3.40. The van der Waals surface area contributed by atoms with E-state index in [0.29, 0.717) is 22.6 Å². The Morgan fingerprint density at radius 2 is 1.85 bits per heavy atom. The molecule has 10 nitrogen and oxygen atoms in total. The molecule has 1 aromatic carbocycles. The van der Waals surface area contributed by atoms with Gasteiger partial charge in [-0.2, -0.15) is 0 Å². The summed E-state index contributed by atoms with van der Waals surface area (Å²) in [6.45, 7) is 6.79. The molecule has 1 aliphatic rings. The number of amides is 2. The summed E-state index contributed by atoms with van der Waals surface area (Å²) in [6.07, 6.45) is 1.68. The molecule has 1 aliphatic heterocycles. The van der Waals surface area contributed by atoms with Crippen molar-refractivity contribution in [1.82, 2.24) is 10.6 Å². The minimum absolute atomic E-state index is 0.00806. The molecule has 0 bridgehead atoms. The summed E-state index contributed by atoms with van der Waals surface area (Å²) >= 11 is 6.22. The van der Waals surface area contributed by atoms with Gasteiger partial charge in [-0.1, -0.05) is 51.4 Å². The molecule has 2 N–H and O–H groups in total. The standard InChI is InChI=1S/C28H37ClN2O8/c1-16(2)11-24-28(36)38-22(18(4)15-32)7-6-8-25(33)31-21(26(34)30-14-17(3)27(35)39-24)13-19-9-10-23(37-5)20(29)12-19/h6,8-10,12,15-18,21-22,24H,7,11,13-14H2,1-5H3,(H,30,34)(H,31,33)/b8-6+. The highest BCUT2D eigenvalue weighted by Gasteiger charge is 2.32. The molecule has 1 aromatic rings. The van der Waals surface area contributed by atoms with Gasteiger partial charge in [0.1, 0.15) is 24.2 Å². The van der Waals surface area contributed by atoms with E-state index < -0.39 is 53.8 Å². The van der Waals surface area contributed by atoms with Crippen molar-refractivity contribution in [3.63, 3.8) is 0 Å². The van der Waals surface area contributed by atoms with Gasteiger partial charge in [-0.3, -0.25) is 14.4 Å². The molecule has 2 amide bonds. The molecule has 5 atom stereocenters. The first-order valence-electron chi connectivity index (χ1n) is 12.9. The van der Waals surface area contributed by atoms with Crippen molar-refractivity contribution in [1.29, 1.82) is 0 Å². The number of hydrogen-bond donors (Lipinski definition) is 2. The van der Waals surface area contributed by atoms with Gasteiger partial charge in [-0.25, -0.2) is 4.79 Å². The maximum atomic E-state index is 13.1. The van der Waals surface area contributed by atoms with Crippen molar-refractivity contribution in [2.45, 2.75) is 65.2 Å². The zero-order chi connectivity index (χ0) is 29.1. The van der Waals surface area contributed by atoms with E-state index in [1.807, 2.05) is 13.8 Å². The molecular weight excluding hydrogens is 528 g/mol. The van der Waals surface area contributed by atoms with Gasteiger partial charge in [0.25, 0.3) is 0 Å². The topological polar surface area (TPSA) is 137 Å². The molecule has 214 valence electrons. The Balaban J connectivity index is 2.35. The van der Waals surface area contributed by atoms with Crippen LogP contribution in [0.5, 0.6) is 5.75 Å². The first-order chi connectivity index (χ1) is 18.4. The van der Waals surface area contributed by atoms with Crippen molar-refractivity contribution in [2.24, 2.45) is 17.8 Å². The third-order valence-electron chi connectivity index (χ3n) is 6.19. The van der Waals surface area contributed by atoms with Crippen molar-refractivity contribution >= 4 is 41.6 Å². The molecule has 0 saturated carbocycles. The highest BCUT2D eigenvalue weighted by Crippen LogP contribution is 2.25. The van der Waals surface area contributed by atoms with Gasteiger partial charge >= 0.3 is 11.9 Å². The van der Waals surface area contributed by atoms with Crippen LogP contribution in [0.4, 0.5) is 0 Å². The average Bonchev–Trinajstić information content (AvgIpc) is 2.88. The second-order valence-corrected chi connectivity index (χ2v) is 10.5. The number of aldehydes is 1. The van der Waals surface area contributed by atoms with Crippen LogP contribution in [0.15, 0.2) is 30.4 Å². The molecule has 1 heterocycles. The predicted octanol–water partition coefficient (Wildman–Crippen LogP) is 2.79. The van der Waals surface area contributed by atoms with E-state index in [2.05, 4.69) is 10.6 Å². The molecule has 2 rings (SSSR count). The van der Waals surface area contributed by atoms with Crippen LogP contribution >= 0.6 is 11.6 Å². The van der Waals surface area contributed by atoms with E-state index in [9.17, 15) is 24.0 Å². The van der Waals surface area contributed by atoms with Crippen LogP contribution in [0.25, 0.3) is 0 Å². The lowest BCUT2D eigenvalue weighted by Gasteiger charge is -2.25. The van der Waals surface area contributed by atoms with Gasteiger partial charge in [0.15, 0.2) is 6.10 Å². The second-order valence-electron chi connectivity index (χ2n) is 10.0. The summed E-state index contributed by atoms with van der Waals surface area (Å²) in [5.41, 5.74) is 0.676. The number of hydrogen-bond acceptors (Lipinski definition) is 8. The first kappa shape index (κ1) is 31.8. The lowest BCUT2D eigenvalue weighted by atomic mass is 10.0. The van der Waals surface area contributed by atoms with E-state index in [1.54, 1.807) is 32.0 Å². The summed E-state index contributed by atoms with van der Waals surface area (Å²) in [6, 6.07) is 4.05. The summed E-state index contributed by atoms with van der Waals surface area (Å²) < 4.78 is 16.2. The minimum atomic E-state index is -1.18. The molecule has 0 spiro atoms. The highest BCUT2D eigenvalue weighted by atomic mass is 35.5. The summed E-state index contributed by atoms with van der Waals surface area (Å²) in [7, 11) is 1.49. The summed E-state index contributed by atoms with van der Waals surface area (Å²) in [5, 5.41) is 5.69. The van der Waals surface area contributed by atoms with Gasteiger partial charge in [0.05, 0.1) is 18.1 Å². The Labute approximate surface area is 233 Å². The van der Waals surface area contributed by atoms with Crippen molar-refractivity contribution in [3.8, 4) is 5.75 Å². The van der Waals surface area contributed by atoms with Crippen LogP contribution in [0.1, 0.15) is 46.1 Å². The fourth-order valence-corrected chi connectivity index (χ4v) is 4.11. The Bertz CT molecular complexity index is 1070. The predicted molar refractivity (Wildman–Crippen MR) is 144 cm³/mol. The lowest BCUT2D eigenvalue weighted by Crippen LogP contribution is -2.49. The fraction of sp³-hybridized carbons (Fsp3) is 0.536. The maximum absolute atomic E-state index is 13.1. The quantitative estimate of drug-likeness (QED) is 0.381. The number of halogens is 1. The Kier molecular flexibility index (Phi) is 12.4. The Morgan fingerprint density at radius 1 is 1.13 bits per heavy atom. The number of esters is 2. The van der Waals surface area contributed by atoms with E-state index >= 15 is 0 Å². The van der Waals surface area contributed by atoms with Gasteiger partial charge in [0.2, 0.25) is 11.8 Å². The van der Waals surface area contributed by atoms with E-state index in [-0.39, 0.29) is 31.7 Å². The minimum Gasteiger partial charge on any atom is -0.495 e. The van der Waals surface area contributed by atoms with Crippen LogP contribution in [-0.2, 0) is 39.9 Å².